The van der Waals surface area contributed by atoms with Gasteiger partial charge in [-0.2, -0.15) is 0 Å². The number of unbranched alkanes of at least 4 members (excludes halogenated alkanes) is 30. The van der Waals surface area contributed by atoms with Crippen LogP contribution in [-0.4, -0.2) is 80.6 Å². The summed E-state index contributed by atoms with van der Waals surface area (Å²) >= 11 is 0. The fraction of sp³-hybridized carbons (Fsp3) is 0.817. The summed E-state index contributed by atoms with van der Waals surface area (Å²) in [7, 11) is 5.54. The van der Waals surface area contributed by atoms with Crippen LogP contribution >= 0.6 is 0 Å². The van der Waals surface area contributed by atoms with Crippen LogP contribution in [0.2, 0.25) is 0 Å². The molecule has 68 heavy (non-hydrogen) atoms. The maximum atomic E-state index is 12.8. The van der Waals surface area contributed by atoms with E-state index in [1.165, 1.54) is 161 Å². The highest BCUT2D eigenvalue weighted by molar-refractivity contribution is 5.72. The topological polar surface area (TPSA) is 99.1 Å². The van der Waals surface area contributed by atoms with Crippen LogP contribution in [0.3, 0.4) is 0 Å². The highest BCUT2D eigenvalue weighted by Crippen LogP contribution is 2.17. The van der Waals surface area contributed by atoms with Gasteiger partial charge in [-0.3, -0.25) is 9.59 Å². The Morgan fingerprint density at radius 2 is 0.824 bits per heavy atom. The number of carboxylic acids is 1. The molecule has 0 spiro atoms. The third-order valence-corrected chi connectivity index (χ3v) is 13.0. The Bertz CT molecular complexity index is 1250. The van der Waals surface area contributed by atoms with E-state index in [2.05, 4.69) is 62.5 Å². The Morgan fingerprint density at radius 3 is 1.22 bits per heavy atom. The molecule has 0 saturated heterocycles. The SMILES string of the molecule is CC/C=C\C/C=C\C/C=C\C/C=C\CCCCCCCCCCC(=O)OC(COCCC(C(=O)O)[N+](C)(C)C)COC(=O)CCCCCCCCCCCCCCCCCCCCCCCCC. The minimum absolute atomic E-state index is 0.0517. The molecule has 0 radical (unpaired) electrons. The van der Waals surface area contributed by atoms with Gasteiger partial charge in [0.15, 0.2) is 12.1 Å². The van der Waals surface area contributed by atoms with Crippen LogP contribution in [0.25, 0.3) is 0 Å². The van der Waals surface area contributed by atoms with Crippen molar-refractivity contribution in [2.75, 3.05) is 41.0 Å². The van der Waals surface area contributed by atoms with Gasteiger partial charge >= 0.3 is 17.9 Å². The number of carbonyl (C=O) groups is 3. The van der Waals surface area contributed by atoms with Gasteiger partial charge in [0.1, 0.15) is 6.61 Å². The average molecular weight is 958 g/mol. The first-order valence-corrected chi connectivity index (χ1v) is 28.7. The first kappa shape index (κ1) is 65.3. The van der Waals surface area contributed by atoms with Crippen LogP contribution in [0, 0.1) is 0 Å². The summed E-state index contributed by atoms with van der Waals surface area (Å²) in [6, 6.07) is -0.617. The molecule has 0 rings (SSSR count). The number of aliphatic carboxylic acids is 1. The summed E-state index contributed by atoms with van der Waals surface area (Å²) in [5.74, 6) is -1.46. The highest BCUT2D eigenvalue weighted by Gasteiger charge is 2.31. The van der Waals surface area contributed by atoms with Crippen molar-refractivity contribution < 1.29 is 38.2 Å². The Balaban J connectivity index is 4.16. The quantitative estimate of drug-likeness (QED) is 0.0281. The maximum Gasteiger partial charge on any atom is 0.362 e. The normalized spacial score (nSPS) is 13.1. The minimum Gasteiger partial charge on any atom is -0.477 e. The van der Waals surface area contributed by atoms with Gasteiger partial charge in [-0.05, 0) is 51.4 Å². The van der Waals surface area contributed by atoms with Crippen LogP contribution in [0.5, 0.6) is 0 Å². The lowest BCUT2D eigenvalue weighted by Crippen LogP contribution is -2.50. The van der Waals surface area contributed by atoms with Crippen LogP contribution < -0.4 is 0 Å². The van der Waals surface area contributed by atoms with Crippen molar-refractivity contribution >= 4 is 17.9 Å². The van der Waals surface area contributed by atoms with Crippen molar-refractivity contribution in [3.63, 3.8) is 0 Å². The zero-order valence-electron chi connectivity index (χ0n) is 45.3. The number of ether oxygens (including phenoxy) is 3. The van der Waals surface area contributed by atoms with E-state index in [9.17, 15) is 19.5 Å². The molecule has 0 fully saturated rings. The van der Waals surface area contributed by atoms with Crippen LogP contribution in [0.4, 0.5) is 0 Å². The van der Waals surface area contributed by atoms with Gasteiger partial charge in [0.25, 0.3) is 0 Å². The van der Waals surface area contributed by atoms with E-state index in [1.807, 2.05) is 21.1 Å². The van der Waals surface area contributed by atoms with Crippen molar-refractivity contribution in [1.82, 2.24) is 0 Å². The molecule has 0 amide bonds. The lowest BCUT2D eigenvalue weighted by molar-refractivity contribution is -0.887. The second-order valence-electron chi connectivity index (χ2n) is 20.5. The van der Waals surface area contributed by atoms with E-state index in [1.54, 1.807) is 0 Å². The number of quaternary nitrogens is 1. The first-order valence-electron chi connectivity index (χ1n) is 28.7. The number of likely N-dealkylation sites (N-methyl/N-ethyl adjacent to an activating group) is 1. The fourth-order valence-electron chi connectivity index (χ4n) is 8.62. The number of rotatable bonds is 52. The molecule has 0 aliphatic heterocycles. The number of esters is 2. The third-order valence-electron chi connectivity index (χ3n) is 13.0. The maximum absolute atomic E-state index is 12.8. The van der Waals surface area contributed by atoms with Crippen molar-refractivity contribution in [2.45, 2.75) is 276 Å². The Morgan fingerprint density at radius 1 is 0.456 bits per heavy atom. The second kappa shape index (κ2) is 50.7. The molecule has 0 aromatic rings. The molecule has 0 aromatic heterocycles. The standard InChI is InChI=1S/C60H109NO7/c1-6-8-10-12-14-16-18-20-22-24-26-28-29-31-32-34-36-38-40-42-44-46-48-50-58(62)67-55-56(54-66-53-52-57(60(64)65)61(3,4)5)68-59(63)51-49-47-45-43-41-39-37-35-33-30-27-25-23-21-19-17-15-13-11-9-7-2/h9,11,15,17,21,23,27,30,56-57H,6-8,10,12-14,16,18-20,22,24-26,28-29,31-55H2,1-5H3/p+1/b11-9-,17-15-,23-21-,30-27-. The second-order valence-corrected chi connectivity index (χ2v) is 20.5. The van der Waals surface area contributed by atoms with Gasteiger partial charge in [0, 0.05) is 19.3 Å². The van der Waals surface area contributed by atoms with Gasteiger partial charge < -0.3 is 23.8 Å². The molecule has 0 aromatic carbocycles. The molecule has 0 saturated carbocycles. The van der Waals surface area contributed by atoms with Crippen LogP contribution in [0.15, 0.2) is 48.6 Å². The molecule has 1 N–H and O–H groups in total. The molecule has 0 aliphatic rings. The molecule has 8 heteroatoms. The van der Waals surface area contributed by atoms with Gasteiger partial charge in [0.05, 0.1) is 34.4 Å². The van der Waals surface area contributed by atoms with Gasteiger partial charge in [-0.15, -0.1) is 0 Å². The zero-order valence-corrected chi connectivity index (χ0v) is 45.3. The number of hydrogen-bond donors (Lipinski definition) is 1. The number of carboxylic acid groups (broad SMARTS) is 1. The van der Waals surface area contributed by atoms with E-state index < -0.39 is 18.1 Å². The molecule has 8 nitrogen and oxygen atoms in total. The summed E-state index contributed by atoms with van der Waals surface area (Å²) in [5, 5.41) is 9.68. The average Bonchev–Trinajstić information content (AvgIpc) is 3.30. The molecular weight excluding hydrogens is 847 g/mol. The van der Waals surface area contributed by atoms with Gasteiger partial charge in [-0.1, -0.05) is 242 Å². The Labute approximate surface area is 420 Å². The predicted molar refractivity (Wildman–Crippen MR) is 289 cm³/mol. The highest BCUT2D eigenvalue weighted by atomic mass is 16.6. The summed E-state index contributed by atoms with van der Waals surface area (Å²) in [6.07, 6.45) is 63.2. The van der Waals surface area contributed by atoms with Gasteiger partial charge in [-0.25, -0.2) is 4.79 Å². The first-order chi connectivity index (χ1) is 33.1. The molecule has 396 valence electrons. The van der Waals surface area contributed by atoms with E-state index in [0.29, 0.717) is 19.3 Å². The van der Waals surface area contributed by atoms with Crippen molar-refractivity contribution in [1.29, 1.82) is 0 Å². The van der Waals surface area contributed by atoms with Crippen LogP contribution in [-0.2, 0) is 28.6 Å². The molecule has 2 unspecified atom stereocenters. The van der Waals surface area contributed by atoms with Crippen molar-refractivity contribution in [2.24, 2.45) is 0 Å². The number of allylic oxidation sites excluding steroid dienone is 8. The lowest BCUT2D eigenvalue weighted by atomic mass is 10.0. The van der Waals surface area contributed by atoms with Crippen molar-refractivity contribution in [3.8, 4) is 0 Å². The summed E-state index contributed by atoms with van der Waals surface area (Å²) in [6.45, 7) is 4.66. The van der Waals surface area contributed by atoms with E-state index in [-0.39, 0.29) is 36.2 Å². The fourth-order valence-corrected chi connectivity index (χ4v) is 8.62. The lowest BCUT2D eigenvalue weighted by Gasteiger charge is -2.31. The molecule has 2 atom stereocenters. The molecule has 0 heterocycles. The van der Waals surface area contributed by atoms with E-state index >= 15 is 0 Å². The van der Waals surface area contributed by atoms with E-state index in [0.717, 1.165) is 70.6 Å². The predicted octanol–water partition coefficient (Wildman–Crippen LogP) is 17.1. The molecule has 0 aliphatic carbocycles. The van der Waals surface area contributed by atoms with E-state index in [4.69, 9.17) is 14.2 Å². The summed E-state index contributed by atoms with van der Waals surface area (Å²) in [5.41, 5.74) is 0. The number of nitrogens with zero attached hydrogens (tertiary/aromatic N) is 1. The van der Waals surface area contributed by atoms with Crippen molar-refractivity contribution in [3.05, 3.63) is 48.6 Å². The summed E-state index contributed by atoms with van der Waals surface area (Å²) < 4.78 is 17.4. The molecule has 0 bridgehead atoms. The smallest absolute Gasteiger partial charge is 0.362 e. The third kappa shape index (κ3) is 48.3. The van der Waals surface area contributed by atoms with Crippen LogP contribution in [0.1, 0.15) is 264 Å². The summed E-state index contributed by atoms with van der Waals surface area (Å²) in [4.78, 5) is 37.3. The van der Waals surface area contributed by atoms with Gasteiger partial charge in [0.2, 0.25) is 0 Å². The Hall–Kier alpha value is -2.71. The monoisotopic (exact) mass is 957 g/mol. The largest absolute Gasteiger partial charge is 0.477 e. The molecular formula is C60H110NO7+. The number of hydrogen-bond acceptors (Lipinski definition) is 6. The zero-order chi connectivity index (χ0) is 49.9. The minimum atomic E-state index is -0.874. The Kier molecular flexibility index (Phi) is 48.7. The number of carbonyl (C=O) groups excluding carboxylic acids is 2.